The van der Waals surface area contributed by atoms with Crippen LogP contribution < -0.4 is 0 Å². The van der Waals surface area contributed by atoms with Gasteiger partial charge in [0.15, 0.2) is 0 Å². The number of rotatable bonds is 6. The van der Waals surface area contributed by atoms with Gasteiger partial charge >= 0.3 is 0 Å². The van der Waals surface area contributed by atoms with Crippen molar-refractivity contribution in [3.8, 4) is 34.1 Å². The summed E-state index contributed by atoms with van der Waals surface area (Å²) >= 11 is 0. The van der Waals surface area contributed by atoms with E-state index in [1.54, 1.807) is 0 Å². The highest BCUT2D eigenvalue weighted by Gasteiger charge is 2.35. The Morgan fingerprint density at radius 2 is 0.333 bits per heavy atom. The average Bonchev–Trinajstić information content (AvgIpc) is 0.677. The number of aromatic nitrogens is 6. The quantitative estimate of drug-likeness (QED) is 0.117. The van der Waals surface area contributed by atoms with Crippen molar-refractivity contribution >= 4 is 112 Å². The van der Waals surface area contributed by atoms with Gasteiger partial charge in [0, 0.05) is 54.6 Å². The number of hydrogen-bond donors (Lipinski definition) is 0. The van der Waals surface area contributed by atoms with E-state index in [9.17, 15) is 0 Å². The molecule has 0 aliphatic heterocycles. The SMILES string of the molecule is Cc1ccc(-n2c3cc(C)cc4c3p3c5c2cc(C)cc5n(-c2ccc(C)cc2)c2c5c6c(c(c23)n4-c2ccc(C)cc2)n(-c2ccc(C)cc2)c2cc(C)cc3c2p6c2c(cc(C)cc2n5-c2ccc(C)cc2)n3-c2ccc(C)cc2)cc1. The van der Waals surface area contributed by atoms with Crippen LogP contribution in [-0.2, 0) is 0 Å². The van der Waals surface area contributed by atoms with Gasteiger partial charge in [-0.05, 0) is 213 Å². The molecule has 0 saturated heterocycles. The second kappa shape index (κ2) is 17.7. The molecule has 0 atom stereocenters. The minimum atomic E-state index is -1.27. The summed E-state index contributed by atoms with van der Waals surface area (Å²) in [5.41, 5.74) is 34.3. The van der Waals surface area contributed by atoms with Crippen molar-refractivity contribution in [3.63, 3.8) is 0 Å². The van der Waals surface area contributed by atoms with Crippen LogP contribution in [0.1, 0.15) is 55.6 Å². The van der Waals surface area contributed by atoms with Crippen LogP contribution in [-0.4, -0.2) is 27.4 Å². The molecule has 6 aromatic heterocycles. The fraction of sp³-hybridized carbons (Fsp3) is 0.132. The summed E-state index contributed by atoms with van der Waals surface area (Å²) in [6.45, 7) is 22.5. The van der Waals surface area contributed by atoms with Crippen LogP contribution in [0.2, 0.25) is 0 Å². The maximum atomic E-state index is 2.73. The van der Waals surface area contributed by atoms with Crippen molar-refractivity contribution in [2.24, 2.45) is 0 Å². The number of benzene rings is 11. The zero-order valence-corrected chi connectivity index (χ0v) is 50.8. The Morgan fingerprint density at radius 3 is 0.512 bits per heavy atom. The molecule has 0 unspecified atom stereocenters. The lowest BCUT2D eigenvalue weighted by Crippen LogP contribution is -2.14. The van der Waals surface area contributed by atoms with Crippen LogP contribution in [0.15, 0.2) is 194 Å². The summed E-state index contributed by atoms with van der Waals surface area (Å²) in [6.07, 6.45) is 0. The summed E-state index contributed by atoms with van der Waals surface area (Å²) in [6, 6.07) is 76.1. The van der Waals surface area contributed by atoms with Crippen LogP contribution in [0.3, 0.4) is 0 Å². The molecule has 8 heteroatoms. The molecule has 406 valence electrons. The van der Waals surface area contributed by atoms with Crippen molar-refractivity contribution in [1.29, 1.82) is 0 Å². The molecule has 0 N–H and O–H groups in total. The summed E-state index contributed by atoms with van der Waals surface area (Å²) < 4.78 is 16.1. The highest BCUT2D eigenvalue weighted by molar-refractivity contribution is 7.65. The molecule has 0 fully saturated rings. The molecule has 6 nitrogen and oxygen atoms in total. The van der Waals surface area contributed by atoms with E-state index < -0.39 is 14.7 Å². The maximum absolute atomic E-state index is 2.73. The molecule has 11 aromatic carbocycles. The second-order valence-electron chi connectivity index (χ2n) is 24.4. The van der Waals surface area contributed by atoms with Crippen LogP contribution in [0, 0.1) is 69.2 Å². The molecular weight excluding hydrogens is 1060 g/mol. The van der Waals surface area contributed by atoms with Gasteiger partial charge in [-0.15, -0.1) is 0 Å². The average molecular weight is 1120 g/mol. The standard InChI is InChI=1S/C76H62N6P2/c1-43-11-23-53(24-12-43)77-59-35-49(7)39-63-71(59)83-72-60(77)36-50(8)40-64(72)80(56-29-17-46(4)18-30-56)68-70-76-69(67(75(68)83)79(63)55-27-15-45(3)16-28-55)81(57-31-19-47(5)20-32-57)65-41-51(9)37-61-73(65)84(76)74-62(78(61)54-25-13-44(2)14-26-54)38-52(10)42-66(74)82(70)58-33-21-48(6)22-34-58/h11-42H,1-10H3. The number of fused-ring (bicyclic) bond motifs is 2. The van der Waals surface area contributed by atoms with Gasteiger partial charge in [-0.3, -0.25) is 0 Å². The molecule has 0 aliphatic carbocycles. The highest BCUT2D eigenvalue weighted by atomic mass is 31.1. The van der Waals surface area contributed by atoms with Gasteiger partial charge in [-0.25, -0.2) is 0 Å². The summed E-state index contributed by atoms with van der Waals surface area (Å²) in [5.74, 6) is 0. The van der Waals surface area contributed by atoms with Gasteiger partial charge in [0.1, 0.15) is 0 Å². The Labute approximate surface area is 489 Å². The van der Waals surface area contributed by atoms with Crippen LogP contribution in [0.25, 0.3) is 131 Å². The molecule has 84 heavy (non-hydrogen) atoms. The minimum Gasteiger partial charge on any atom is -0.308 e. The summed E-state index contributed by atoms with van der Waals surface area (Å²) in [5, 5.41) is 8.33. The first-order chi connectivity index (χ1) is 40.8. The van der Waals surface area contributed by atoms with Crippen molar-refractivity contribution < 1.29 is 0 Å². The van der Waals surface area contributed by atoms with E-state index in [1.165, 1.54) is 153 Å². The van der Waals surface area contributed by atoms with E-state index in [2.05, 4.69) is 291 Å². The molecule has 0 saturated carbocycles. The van der Waals surface area contributed by atoms with Gasteiger partial charge in [0.05, 0.1) is 76.4 Å². The van der Waals surface area contributed by atoms with E-state index >= 15 is 0 Å². The first kappa shape index (κ1) is 49.4. The van der Waals surface area contributed by atoms with Crippen molar-refractivity contribution in [2.45, 2.75) is 69.2 Å². The Hall–Kier alpha value is -9.18. The van der Waals surface area contributed by atoms with Gasteiger partial charge in [0.2, 0.25) is 0 Å². The Morgan fingerprint density at radius 1 is 0.179 bits per heavy atom. The molecule has 0 radical (unpaired) electrons. The van der Waals surface area contributed by atoms with E-state index in [0.717, 1.165) is 34.1 Å². The van der Waals surface area contributed by atoms with Crippen molar-refractivity contribution in [2.75, 3.05) is 0 Å². The van der Waals surface area contributed by atoms with Crippen LogP contribution in [0.5, 0.6) is 0 Å². The molecule has 6 heterocycles. The van der Waals surface area contributed by atoms with Crippen molar-refractivity contribution in [3.05, 3.63) is 250 Å². The van der Waals surface area contributed by atoms with E-state index in [-0.39, 0.29) is 0 Å². The second-order valence-corrected chi connectivity index (χ2v) is 28.4. The summed E-state index contributed by atoms with van der Waals surface area (Å²) in [4.78, 5) is 0. The maximum Gasteiger partial charge on any atom is 0.0852 e. The highest BCUT2D eigenvalue weighted by Crippen LogP contribution is 2.64. The first-order valence-electron chi connectivity index (χ1n) is 29.4. The molecule has 0 spiro atoms. The normalized spacial score (nSPS) is 12.4. The molecule has 0 amide bonds. The molecule has 0 aliphatic rings. The fourth-order valence-electron chi connectivity index (χ4n) is 14.4. The lowest BCUT2D eigenvalue weighted by atomic mass is 10.1. The lowest BCUT2D eigenvalue weighted by Gasteiger charge is -2.34. The van der Waals surface area contributed by atoms with Gasteiger partial charge < -0.3 is 27.4 Å². The van der Waals surface area contributed by atoms with E-state index in [0.29, 0.717) is 0 Å². The third-order valence-corrected chi connectivity index (χ3v) is 23.5. The Bertz CT molecular complexity index is 4990. The number of nitrogens with zero attached hydrogens (tertiary/aromatic N) is 6. The Balaban J connectivity index is 1.31. The zero-order valence-electron chi connectivity index (χ0n) is 49.1. The Kier molecular flexibility index (Phi) is 10.4. The molecule has 17 rings (SSSR count). The predicted molar refractivity (Wildman–Crippen MR) is 361 cm³/mol. The fourth-order valence-corrected chi connectivity index (χ4v) is 20.6. The third-order valence-electron chi connectivity index (χ3n) is 18.1. The third kappa shape index (κ3) is 6.81. The predicted octanol–water partition coefficient (Wildman–Crippen LogP) is 21.6. The van der Waals surface area contributed by atoms with E-state index in [4.69, 9.17) is 0 Å². The van der Waals surface area contributed by atoms with Crippen LogP contribution in [0.4, 0.5) is 0 Å². The van der Waals surface area contributed by atoms with Crippen molar-refractivity contribution in [1.82, 2.24) is 27.4 Å². The zero-order chi connectivity index (χ0) is 56.9. The smallest absolute Gasteiger partial charge is 0.0852 e. The largest absolute Gasteiger partial charge is 0.308 e. The molecule has 17 aromatic rings. The monoisotopic (exact) mass is 1120 g/mol. The van der Waals surface area contributed by atoms with Gasteiger partial charge in [-0.2, -0.15) is 0 Å². The first-order valence-corrected chi connectivity index (χ1v) is 32.1. The molecular formula is C76H62N6P2. The number of hydrogen-bond acceptors (Lipinski definition) is 0. The van der Waals surface area contributed by atoms with E-state index in [1.807, 2.05) is 0 Å². The van der Waals surface area contributed by atoms with Gasteiger partial charge in [0.25, 0.3) is 0 Å². The lowest BCUT2D eigenvalue weighted by molar-refractivity contribution is 1.10. The topological polar surface area (TPSA) is 29.6 Å². The number of aryl methyl sites for hydroxylation is 10. The molecule has 0 bridgehead atoms. The van der Waals surface area contributed by atoms with Gasteiger partial charge in [-0.1, -0.05) is 121 Å². The summed E-state index contributed by atoms with van der Waals surface area (Å²) in [7, 11) is -2.55. The van der Waals surface area contributed by atoms with Crippen LogP contribution >= 0.6 is 14.7 Å². The minimum absolute atomic E-state index is 1.15.